The van der Waals surface area contributed by atoms with Gasteiger partial charge < -0.3 is 5.11 Å². The second kappa shape index (κ2) is 5.71. The first-order chi connectivity index (χ1) is 10.1. The van der Waals surface area contributed by atoms with Crippen molar-refractivity contribution in [2.24, 2.45) is 5.92 Å². The summed E-state index contributed by atoms with van der Waals surface area (Å²) in [6, 6.07) is 8.68. The minimum Gasteiger partial charge on any atom is -0.396 e. The Morgan fingerprint density at radius 2 is 2.14 bits per heavy atom. The van der Waals surface area contributed by atoms with Crippen LogP contribution in [0.25, 0.3) is 10.9 Å². The van der Waals surface area contributed by atoms with E-state index in [9.17, 15) is 13.5 Å². The van der Waals surface area contributed by atoms with E-state index in [-0.39, 0.29) is 12.5 Å². The van der Waals surface area contributed by atoms with Crippen molar-refractivity contribution in [1.82, 2.24) is 9.29 Å². The third kappa shape index (κ3) is 2.66. The molecule has 1 saturated heterocycles. The van der Waals surface area contributed by atoms with Crippen molar-refractivity contribution in [3.05, 3.63) is 36.5 Å². The molecule has 0 radical (unpaired) electrons. The van der Waals surface area contributed by atoms with E-state index in [2.05, 4.69) is 4.98 Å². The number of aliphatic hydroxyl groups excluding tert-OH is 1. The molecule has 1 aliphatic heterocycles. The quantitative estimate of drug-likeness (QED) is 0.935. The summed E-state index contributed by atoms with van der Waals surface area (Å²) in [6.45, 7) is 0.925. The van der Waals surface area contributed by atoms with E-state index in [0.29, 0.717) is 28.9 Å². The lowest BCUT2D eigenvalue weighted by Gasteiger charge is -2.31. The van der Waals surface area contributed by atoms with Crippen LogP contribution in [-0.4, -0.2) is 42.5 Å². The lowest BCUT2D eigenvalue weighted by Crippen LogP contribution is -2.40. The van der Waals surface area contributed by atoms with Crippen LogP contribution < -0.4 is 0 Å². The Kier molecular flexibility index (Phi) is 3.93. The molecular formula is C15H18N2O3S. The van der Waals surface area contributed by atoms with Crippen LogP contribution in [0.4, 0.5) is 0 Å². The second-order valence-corrected chi connectivity index (χ2v) is 7.29. The van der Waals surface area contributed by atoms with Crippen molar-refractivity contribution in [1.29, 1.82) is 0 Å². The number of hydrogen-bond acceptors (Lipinski definition) is 4. The Morgan fingerprint density at radius 3 is 2.95 bits per heavy atom. The third-order valence-electron chi connectivity index (χ3n) is 3.96. The van der Waals surface area contributed by atoms with Gasteiger partial charge in [0, 0.05) is 31.3 Å². The number of sulfonamides is 1. The van der Waals surface area contributed by atoms with E-state index in [1.165, 1.54) is 4.31 Å². The summed E-state index contributed by atoms with van der Waals surface area (Å²) in [7, 11) is -3.55. The van der Waals surface area contributed by atoms with Crippen molar-refractivity contribution in [3.63, 3.8) is 0 Å². The zero-order chi connectivity index (χ0) is 14.9. The molecule has 0 aliphatic carbocycles. The van der Waals surface area contributed by atoms with Gasteiger partial charge in [-0.05, 0) is 43.0 Å². The SMILES string of the molecule is O=S(=O)(c1cccc2ncccc12)N1CCCC(CO)C1. The van der Waals surface area contributed by atoms with Gasteiger partial charge in [-0.1, -0.05) is 6.07 Å². The van der Waals surface area contributed by atoms with E-state index < -0.39 is 10.0 Å². The molecule has 21 heavy (non-hydrogen) atoms. The maximum absolute atomic E-state index is 12.9. The number of piperidine rings is 1. The lowest BCUT2D eigenvalue weighted by molar-refractivity contribution is 0.165. The summed E-state index contributed by atoms with van der Waals surface area (Å²) in [6.07, 6.45) is 3.31. The van der Waals surface area contributed by atoms with Crippen molar-refractivity contribution < 1.29 is 13.5 Å². The monoisotopic (exact) mass is 306 g/mol. The molecule has 0 spiro atoms. The summed E-state index contributed by atoms with van der Waals surface area (Å²) in [5, 5.41) is 9.93. The van der Waals surface area contributed by atoms with Gasteiger partial charge in [-0.15, -0.1) is 0 Å². The number of nitrogens with zero attached hydrogens (tertiary/aromatic N) is 2. The van der Waals surface area contributed by atoms with Crippen LogP contribution >= 0.6 is 0 Å². The first-order valence-corrected chi connectivity index (χ1v) is 8.51. The van der Waals surface area contributed by atoms with Crippen LogP contribution in [0.1, 0.15) is 12.8 Å². The van der Waals surface area contributed by atoms with Crippen LogP contribution in [0.15, 0.2) is 41.4 Å². The summed E-state index contributed by atoms with van der Waals surface area (Å²) in [5.41, 5.74) is 0.675. The van der Waals surface area contributed by atoms with Crippen LogP contribution in [0.3, 0.4) is 0 Å². The molecule has 5 nitrogen and oxygen atoms in total. The second-order valence-electron chi connectivity index (χ2n) is 5.38. The normalized spacial score (nSPS) is 20.7. The Morgan fingerprint density at radius 1 is 1.29 bits per heavy atom. The van der Waals surface area contributed by atoms with Gasteiger partial charge >= 0.3 is 0 Å². The number of pyridine rings is 1. The fourth-order valence-corrected chi connectivity index (χ4v) is 4.59. The smallest absolute Gasteiger partial charge is 0.243 e. The Hall–Kier alpha value is -1.50. The molecule has 1 aromatic carbocycles. The number of hydrogen-bond donors (Lipinski definition) is 1. The summed E-state index contributed by atoms with van der Waals surface area (Å²) in [4.78, 5) is 4.51. The Labute approximate surface area is 124 Å². The van der Waals surface area contributed by atoms with Crippen molar-refractivity contribution in [3.8, 4) is 0 Å². The lowest BCUT2D eigenvalue weighted by atomic mass is 10.0. The average molecular weight is 306 g/mol. The highest BCUT2D eigenvalue weighted by molar-refractivity contribution is 7.89. The van der Waals surface area contributed by atoms with Gasteiger partial charge in [0.1, 0.15) is 0 Å². The number of benzene rings is 1. The molecule has 0 amide bonds. The fourth-order valence-electron chi connectivity index (χ4n) is 2.83. The zero-order valence-electron chi connectivity index (χ0n) is 11.6. The number of aromatic nitrogens is 1. The minimum atomic E-state index is -3.55. The highest BCUT2D eigenvalue weighted by atomic mass is 32.2. The van der Waals surface area contributed by atoms with Gasteiger partial charge in [-0.3, -0.25) is 4.98 Å². The van der Waals surface area contributed by atoms with E-state index in [1.54, 1.807) is 36.5 Å². The highest BCUT2D eigenvalue weighted by Crippen LogP contribution is 2.27. The number of fused-ring (bicyclic) bond motifs is 1. The molecule has 6 heteroatoms. The van der Waals surface area contributed by atoms with Crippen LogP contribution in [0.5, 0.6) is 0 Å². The van der Waals surface area contributed by atoms with E-state index in [0.717, 1.165) is 12.8 Å². The van der Waals surface area contributed by atoms with E-state index >= 15 is 0 Å². The molecule has 1 aliphatic rings. The first-order valence-electron chi connectivity index (χ1n) is 7.07. The summed E-state index contributed by atoms with van der Waals surface area (Å²) in [5.74, 6) is 0.0293. The van der Waals surface area contributed by atoms with E-state index in [4.69, 9.17) is 0 Å². The molecule has 0 saturated carbocycles. The molecule has 112 valence electrons. The average Bonchev–Trinajstić information content (AvgIpc) is 2.54. The predicted molar refractivity (Wildman–Crippen MR) is 80.3 cm³/mol. The van der Waals surface area contributed by atoms with E-state index in [1.807, 2.05) is 0 Å². The molecule has 1 unspecified atom stereocenters. The van der Waals surface area contributed by atoms with Crippen molar-refractivity contribution >= 4 is 20.9 Å². The molecule has 3 rings (SSSR count). The maximum atomic E-state index is 12.9. The Bertz CT molecular complexity index is 740. The maximum Gasteiger partial charge on any atom is 0.243 e. The fraction of sp³-hybridized carbons (Fsp3) is 0.400. The van der Waals surface area contributed by atoms with Gasteiger partial charge in [-0.2, -0.15) is 4.31 Å². The molecular weight excluding hydrogens is 288 g/mol. The molecule has 2 aromatic rings. The molecule has 1 atom stereocenters. The predicted octanol–water partition coefficient (Wildman–Crippen LogP) is 1.63. The van der Waals surface area contributed by atoms with Gasteiger partial charge in [0.15, 0.2) is 0 Å². The van der Waals surface area contributed by atoms with Crippen LogP contribution in [-0.2, 0) is 10.0 Å². The van der Waals surface area contributed by atoms with Crippen molar-refractivity contribution in [2.75, 3.05) is 19.7 Å². The third-order valence-corrected chi connectivity index (χ3v) is 5.89. The topological polar surface area (TPSA) is 70.5 Å². The zero-order valence-corrected chi connectivity index (χ0v) is 12.5. The number of rotatable bonds is 3. The van der Waals surface area contributed by atoms with Crippen molar-refractivity contribution in [2.45, 2.75) is 17.7 Å². The number of aliphatic hydroxyl groups is 1. The molecule has 1 fully saturated rings. The first kappa shape index (κ1) is 14.4. The highest BCUT2D eigenvalue weighted by Gasteiger charge is 2.31. The van der Waals surface area contributed by atoms with Crippen LogP contribution in [0.2, 0.25) is 0 Å². The molecule has 1 N–H and O–H groups in total. The van der Waals surface area contributed by atoms with Gasteiger partial charge in [0.2, 0.25) is 10.0 Å². The van der Waals surface area contributed by atoms with Crippen LogP contribution in [0, 0.1) is 5.92 Å². The van der Waals surface area contributed by atoms with Gasteiger partial charge in [-0.25, -0.2) is 8.42 Å². The minimum absolute atomic E-state index is 0.0293. The largest absolute Gasteiger partial charge is 0.396 e. The Balaban J connectivity index is 2.04. The summed E-state index contributed by atoms with van der Waals surface area (Å²) >= 11 is 0. The molecule has 1 aromatic heterocycles. The summed E-state index contributed by atoms with van der Waals surface area (Å²) < 4.78 is 27.2. The van der Waals surface area contributed by atoms with Gasteiger partial charge in [0.05, 0.1) is 10.4 Å². The molecule has 2 heterocycles. The molecule has 0 bridgehead atoms. The standard InChI is InChI=1S/C15H18N2O3S/c18-11-12-4-3-9-17(10-12)21(19,20)15-7-1-6-14-13(15)5-2-8-16-14/h1-2,5-8,12,18H,3-4,9-11H2. The van der Waals surface area contributed by atoms with Gasteiger partial charge in [0.25, 0.3) is 0 Å².